The monoisotopic (exact) mass is 741 g/mol. The summed E-state index contributed by atoms with van der Waals surface area (Å²) >= 11 is 0. The highest BCUT2D eigenvalue weighted by Crippen LogP contribution is 2.67. The van der Waals surface area contributed by atoms with Gasteiger partial charge in [-0.25, -0.2) is 0 Å². The van der Waals surface area contributed by atoms with Gasteiger partial charge >= 0.3 is 0 Å². The lowest BCUT2D eigenvalue weighted by atomic mass is 9.70. The maximum atomic E-state index is 7.13. The number of ether oxygens (including phenoxy) is 2. The van der Waals surface area contributed by atoms with E-state index in [1.165, 1.54) is 50.1 Å². The Labute approximate surface area is 337 Å². The first kappa shape index (κ1) is 32.6. The highest BCUT2D eigenvalue weighted by atomic mass is 16.6. The Balaban J connectivity index is 1.01. The fraction of sp³-hybridized carbons (Fsp3) is 0.0182. The summed E-state index contributed by atoms with van der Waals surface area (Å²) in [6.07, 6.45) is 0. The second-order valence-corrected chi connectivity index (χ2v) is 15.1. The van der Waals surface area contributed by atoms with Crippen LogP contribution in [0, 0.1) is 0 Å². The van der Waals surface area contributed by atoms with Gasteiger partial charge < -0.3 is 14.4 Å². The molecule has 0 amide bonds. The van der Waals surface area contributed by atoms with Gasteiger partial charge in [-0.15, -0.1) is 0 Å². The Bertz CT molecular complexity index is 3010. The summed E-state index contributed by atoms with van der Waals surface area (Å²) in [6, 6.07) is 75.6. The molecule has 3 nitrogen and oxygen atoms in total. The molecule has 0 unspecified atom stereocenters. The molecule has 272 valence electrons. The van der Waals surface area contributed by atoms with E-state index in [0.717, 1.165) is 39.5 Å². The smallest absolute Gasteiger partial charge is 0.175 e. The highest BCUT2D eigenvalue weighted by Gasteiger charge is 2.54. The van der Waals surface area contributed by atoms with E-state index in [9.17, 15) is 0 Å². The van der Waals surface area contributed by atoms with Crippen LogP contribution in [-0.4, -0.2) is 0 Å². The largest absolute Gasteiger partial charge is 0.449 e. The van der Waals surface area contributed by atoms with E-state index in [2.05, 4.69) is 217 Å². The molecule has 0 bridgehead atoms. The number of benzene rings is 9. The van der Waals surface area contributed by atoms with E-state index < -0.39 is 5.41 Å². The quantitative estimate of drug-likeness (QED) is 0.175. The van der Waals surface area contributed by atoms with Crippen LogP contribution in [0.15, 0.2) is 212 Å². The zero-order chi connectivity index (χ0) is 38.2. The van der Waals surface area contributed by atoms with E-state index in [4.69, 9.17) is 9.47 Å². The summed E-state index contributed by atoms with van der Waals surface area (Å²) in [7, 11) is 0. The molecule has 2 aliphatic carbocycles. The van der Waals surface area contributed by atoms with E-state index in [1.54, 1.807) is 0 Å². The Kier molecular flexibility index (Phi) is 7.14. The van der Waals surface area contributed by atoms with Crippen molar-refractivity contribution in [3.05, 3.63) is 235 Å². The van der Waals surface area contributed by atoms with Gasteiger partial charge in [0.25, 0.3) is 0 Å². The standard InChI is InChI=1S/C55H35NO2/c1-3-17-36(18-4-1)39-21-7-8-22-40(39)44-26-12-16-30-49(44)56(37-19-5-2-6-20-37)38-31-33-50-52(35-38)57-51-34-32-45-43-25-11-15-29-48(43)55(53(45)54(51)58-50)46-27-13-9-23-41(46)42-24-10-14-28-47(42)55/h1-35H. The molecule has 3 aliphatic rings. The van der Waals surface area contributed by atoms with Crippen LogP contribution in [0.4, 0.5) is 17.1 Å². The van der Waals surface area contributed by atoms with Gasteiger partial charge in [-0.2, -0.15) is 0 Å². The molecule has 0 aromatic heterocycles. The number of para-hydroxylation sites is 2. The van der Waals surface area contributed by atoms with E-state index >= 15 is 0 Å². The molecule has 0 saturated heterocycles. The lowest BCUT2D eigenvalue weighted by Crippen LogP contribution is -2.26. The average molecular weight is 742 g/mol. The van der Waals surface area contributed by atoms with Crippen molar-refractivity contribution in [3.8, 4) is 67.5 Å². The van der Waals surface area contributed by atoms with Crippen molar-refractivity contribution in [1.29, 1.82) is 0 Å². The predicted molar refractivity (Wildman–Crippen MR) is 235 cm³/mol. The maximum absolute atomic E-state index is 7.13. The van der Waals surface area contributed by atoms with Crippen molar-refractivity contribution in [2.75, 3.05) is 4.90 Å². The minimum Gasteiger partial charge on any atom is -0.449 e. The fourth-order valence-corrected chi connectivity index (χ4v) is 9.83. The van der Waals surface area contributed by atoms with Crippen LogP contribution in [0.5, 0.6) is 23.0 Å². The zero-order valence-corrected chi connectivity index (χ0v) is 31.5. The number of nitrogens with zero attached hydrogens (tertiary/aromatic N) is 1. The molecule has 0 atom stereocenters. The number of rotatable bonds is 5. The first-order chi connectivity index (χ1) is 28.8. The molecule has 58 heavy (non-hydrogen) atoms. The van der Waals surface area contributed by atoms with Crippen LogP contribution in [0.1, 0.15) is 22.3 Å². The van der Waals surface area contributed by atoms with Gasteiger partial charge in [0.2, 0.25) is 0 Å². The summed E-state index contributed by atoms with van der Waals surface area (Å²) in [6.45, 7) is 0. The molecule has 0 N–H and O–H groups in total. The SMILES string of the molecule is c1ccc(-c2ccccc2-c2ccccc2N(c2ccccc2)c2ccc3c(c2)Oc2ccc4c(c2O3)C2(c3ccccc3-c3ccccc32)c2ccccc2-4)cc1. The van der Waals surface area contributed by atoms with Crippen molar-refractivity contribution in [2.24, 2.45) is 0 Å². The molecule has 9 aromatic carbocycles. The molecule has 1 aliphatic heterocycles. The third-order valence-corrected chi connectivity index (χ3v) is 12.1. The lowest BCUT2D eigenvalue weighted by Gasteiger charge is -2.34. The van der Waals surface area contributed by atoms with Gasteiger partial charge in [-0.05, 0) is 92.0 Å². The molecule has 12 rings (SSSR count). The molecule has 0 fully saturated rings. The van der Waals surface area contributed by atoms with Crippen LogP contribution in [0.2, 0.25) is 0 Å². The Morgan fingerprint density at radius 3 is 1.52 bits per heavy atom. The lowest BCUT2D eigenvalue weighted by molar-refractivity contribution is 0.355. The molecule has 9 aromatic rings. The number of fused-ring (bicyclic) bond motifs is 13. The molecular formula is C55H35NO2. The zero-order valence-electron chi connectivity index (χ0n) is 31.5. The number of hydrogen-bond donors (Lipinski definition) is 0. The number of anilines is 3. The summed E-state index contributed by atoms with van der Waals surface area (Å²) in [5.74, 6) is 2.83. The second kappa shape index (κ2) is 12.7. The Morgan fingerprint density at radius 1 is 0.328 bits per heavy atom. The van der Waals surface area contributed by atoms with Crippen molar-refractivity contribution in [3.63, 3.8) is 0 Å². The summed E-state index contributed by atoms with van der Waals surface area (Å²) < 4.78 is 14.1. The normalized spacial score (nSPS) is 13.2. The topological polar surface area (TPSA) is 21.7 Å². The Hall–Kier alpha value is -7.62. The molecule has 0 saturated carbocycles. The molecule has 0 radical (unpaired) electrons. The first-order valence-electron chi connectivity index (χ1n) is 19.8. The maximum Gasteiger partial charge on any atom is 0.175 e. The van der Waals surface area contributed by atoms with Gasteiger partial charge in [0.05, 0.1) is 16.8 Å². The third kappa shape index (κ3) is 4.62. The van der Waals surface area contributed by atoms with Crippen LogP contribution in [0.25, 0.3) is 44.5 Å². The summed E-state index contributed by atoms with van der Waals surface area (Å²) in [5, 5.41) is 0. The average Bonchev–Trinajstić information content (AvgIpc) is 3.77. The van der Waals surface area contributed by atoms with E-state index in [0.29, 0.717) is 17.2 Å². The van der Waals surface area contributed by atoms with Crippen molar-refractivity contribution in [2.45, 2.75) is 5.41 Å². The van der Waals surface area contributed by atoms with Crippen molar-refractivity contribution in [1.82, 2.24) is 0 Å². The first-order valence-corrected chi connectivity index (χ1v) is 19.8. The minimum atomic E-state index is -0.547. The van der Waals surface area contributed by atoms with Crippen LogP contribution in [0.3, 0.4) is 0 Å². The molecular weight excluding hydrogens is 707 g/mol. The molecule has 3 heteroatoms. The van der Waals surface area contributed by atoms with Crippen LogP contribution in [-0.2, 0) is 5.41 Å². The summed E-state index contributed by atoms with van der Waals surface area (Å²) in [4.78, 5) is 2.32. The van der Waals surface area contributed by atoms with Gasteiger partial charge in [0, 0.05) is 22.9 Å². The molecule has 1 heterocycles. The van der Waals surface area contributed by atoms with Crippen molar-refractivity contribution < 1.29 is 9.47 Å². The van der Waals surface area contributed by atoms with Crippen LogP contribution >= 0.6 is 0 Å². The highest BCUT2D eigenvalue weighted by molar-refractivity contribution is 5.98. The van der Waals surface area contributed by atoms with E-state index in [1.807, 2.05) is 0 Å². The van der Waals surface area contributed by atoms with Gasteiger partial charge in [0.1, 0.15) is 0 Å². The van der Waals surface area contributed by atoms with Gasteiger partial charge in [0.15, 0.2) is 23.0 Å². The third-order valence-electron chi connectivity index (χ3n) is 12.1. The minimum absolute atomic E-state index is 0.547. The van der Waals surface area contributed by atoms with E-state index in [-0.39, 0.29) is 0 Å². The van der Waals surface area contributed by atoms with Gasteiger partial charge in [-0.1, -0.05) is 170 Å². The second-order valence-electron chi connectivity index (χ2n) is 15.1. The predicted octanol–water partition coefficient (Wildman–Crippen LogP) is 14.7. The van der Waals surface area contributed by atoms with Gasteiger partial charge in [-0.3, -0.25) is 0 Å². The molecule has 1 spiro atoms. The van der Waals surface area contributed by atoms with Crippen LogP contribution < -0.4 is 14.4 Å². The summed E-state index contributed by atoms with van der Waals surface area (Å²) in [5.41, 5.74) is 17.0. The number of hydrogen-bond acceptors (Lipinski definition) is 3. The Morgan fingerprint density at radius 2 is 0.845 bits per heavy atom. The fourth-order valence-electron chi connectivity index (χ4n) is 9.83. The van der Waals surface area contributed by atoms with Crippen molar-refractivity contribution >= 4 is 17.1 Å².